The molecular formula is C5H8N2O3. The van der Waals surface area contributed by atoms with Gasteiger partial charge >= 0.3 is 0 Å². The normalized spacial score (nSPS) is 13.4. The maximum Gasteiger partial charge on any atom is 0.183 e. The Hall–Kier alpha value is -1.39. The lowest BCUT2D eigenvalue weighted by molar-refractivity contribution is -0.111. The Morgan fingerprint density at radius 2 is 1.70 bits per heavy atom. The van der Waals surface area contributed by atoms with E-state index in [2.05, 4.69) is 10.3 Å². The van der Waals surface area contributed by atoms with Crippen LogP contribution in [-0.2, 0) is 4.79 Å². The highest BCUT2D eigenvalue weighted by Gasteiger charge is 2.09. The van der Waals surface area contributed by atoms with Gasteiger partial charge in [0, 0.05) is 6.92 Å². The van der Waals surface area contributed by atoms with Gasteiger partial charge in [0.25, 0.3) is 0 Å². The summed E-state index contributed by atoms with van der Waals surface area (Å²) in [7, 11) is 0. The fraction of sp³-hybridized carbons (Fsp3) is 0.400. The quantitative estimate of drug-likeness (QED) is 0.331. The summed E-state index contributed by atoms with van der Waals surface area (Å²) in [6.45, 7) is 2.57. The maximum atomic E-state index is 10.5. The molecule has 5 heteroatoms. The molecule has 0 unspecified atom stereocenters. The van der Waals surface area contributed by atoms with Crippen LogP contribution in [0.4, 0.5) is 0 Å². The van der Waals surface area contributed by atoms with E-state index in [-0.39, 0.29) is 11.4 Å². The fourth-order valence-electron chi connectivity index (χ4n) is 0.445. The van der Waals surface area contributed by atoms with Crippen molar-refractivity contribution in [3.05, 3.63) is 0 Å². The van der Waals surface area contributed by atoms with Crippen LogP contribution >= 0.6 is 0 Å². The predicted molar refractivity (Wildman–Crippen MR) is 34.8 cm³/mol. The van der Waals surface area contributed by atoms with E-state index in [1.165, 1.54) is 13.8 Å². The number of oxime groups is 2. The summed E-state index contributed by atoms with van der Waals surface area (Å²) in [4.78, 5) is 10.5. The third-order valence-corrected chi connectivity index (χ3v) is 0.926. The van der Waals surface area contributed by atoms with Crippen molar-refractivity contribution < 1.29 is 15.2 Å². The number of nitrogens with zero attached hydrogens (tertiary/aromatic N) is 2. The van der Waals surface area contributed by atoms with Crippen LogP contribution in [0, 0.1) is 0 Å². The number of hydrogen-bond acceptors (Lipinski definition) is 5. The van der Waals surface area contributed by atoms with Gasteiger partial charge in [0.2, 0.25) is 0 Å². The molecule has 0 spiro atoms. The zero-order valence-corrected chi connectivity index (χ0v) is 5.70. The Kier molecular flexibility index (Phi) is 3.10. The monoisotopic (exact) mass is 144 g/mol. The third kappa shape index (κ3) is 1.85. The van der Waals surface area contributed by atoms with Crippen molar-refractivity contribution in [2.24, 2.45) is 10.3 Å². The topological polar surface area (TPSA) is 82.2 Å². The number of ketones is 1. The van der Waals surface area contributed by atoms with Gasteiger partial charge in [-0.05, 0) is 6.92 Å². The zero-order chi connectivity index (χ0) is 8.15. The molecule has 0 aromatic rings. The Morgan fingerprint density at radius 1 is 1.20 bits per heavy atom. The van der Waals surface area contributed by atoms with Crippen LogP contribution in [0.1, 0.15) is 13.8 Å². The molecule has 0 amide bonds. The number of hydrogen-bond donors (Lipinski definition) is 2. The number of rotatable bonds is 2. The van der Waals surface area contributed by atoms with Gasteiger partial charge in [-0.2, -0.15) is 0 Å². The molecule has 0 saturated carbocycles. The van der Waals surface area contributed by atoms with Crippen molar-refractivity contribution in [3.63, 3.8) is 0 Å². The van der Waals surface area contributed by atoms with Crippen molar-refractivity contribution in [2.45, 2.75) is 13.8 Å². The van der Waals surface area contributed by atoms with Crippen molar-refractivity contribution in [2.75, 3.05) is 0 Å². The van der Waals surface area contributed by atoms with Crippen molar-refractivity contribution >= 4 is 17.2 Å². The molecule has 0 atom stereocenters. The molecule has 0 aromatic carbocycles. The molecule has 0 heterocycles. The molecule has 0 aliphatic rings. The standard InChI is InChI=1S/C5H8N2O3/c1-3(6-9)5(7-10)4(2)8/h9-10H,1-2H3/b6-3+,7-5-. The first-order valence-corrected chi connectivity index (χ1v) is 2.55. The summed E-state index contributed by atoms with van der Waals surface area (Å²) in [5.74, 6) is -0.446. The van der Waals surface area contributed by atoms with Gasteiger partial charge in [-0.25, -0.2) is 0 Å². The smallest absolute Gasteiger partial charge is 0.183 e. The summed E-state index contributed by atoms with van der Waals surface area (Å²) < 4.78 is 0. The van der Waals surface area contributed by atoms with Crippen LogP contribution < -0.4 is 0 Å². The van der Waals surface area contributed by atoms with Crippen molar-refractivity contribution in [3.8, 4) is 0 Å². The van der Waals surface area contributed by atoms with Crippen LogP contribution in [0.2, 0.25) is 0 Å². The molecule has 0 saturated heterocycles. The number of carbonyl (C=O) groups is 1. The fourth-order valence-corrected chi connectivity index (χ4v) is 0.445. The minimum atomic E-state index is -0.446. The minimum Gasteiger partial charge on any atom is -0.411 e. The summed E-state index contributed by atoms with van der Waals surface area (Å²) in [6.07, 6.45) is 0. The van der Waals surface area contributed by atoms with Gasteiger partial charge < -0.3 is 10.4 Å². The summed E-state index contributed by atoms with van der Waals surface area (Å²) in [5, 5.41) is 21.6. The average molecular weight is 144 g/mol. The highest BCUT2D eigenvalue weighted by Crippen LogP contribution is 1.84. The summed E-state index contributed by atoms with van der Waals surface area (Å²) in [6, 6.07) is 0. The predicted octanol–water partition coefficient (Wildman–Crippen LogP) is 0.256. The lowest BCUT2D eigenvalue weighted by Gasteiger charge is -1.93. The van der Waals surface area contributed by atoms with Crippen LogP contribution in [-0.4, -0.2) is 27.6 Å². The van der Waals surface area contributed by atoms with E-state index in [0.29, 0.717) is 0 Å². The molecule has 2 N–H and O–H groups in total. The SMILES string of the molecule is CC(=O)C(=N\O)/C(C)=N/O. The van der Waals surface area contributed by atoms with Gasteiger partial charge in [-0.15, -0.1) is 0 Å². The second-order valence-corrected chi connectivity index (χ2v) is 1.69. The highest BCUT2D eigenvalue weighted by atomic mass is 16.4. The van der Waals surface area contributed by atoms with Crippen LogP contribution in [0.25, 0.3) is 0 Å². The molecule has 0 aliphatic carbocycles. The summed E-state index contributed by atoms with van der Waals surface area (Å²) >= 11 is 0. The van der Waals surface area contributed by atoms with Gasteiger partial charge in [-0.1, -0.05) is 10.3 Å². The van der Waals surface area contributed by atoms with E-state index in [1.54, 1.807) is 0 Å². The lowest BCUT2D eigenvalue weighted by Crippen LogP contribution is -2.19. The van der Waals surface area contributed by atoms with Crippen molar-refractivity contribution in [1.82, 2.24) is 0 Å². The Labute approximate surface area is 57.6 Å². The van der Waals surface area contributed by atoms with E-state index in [9.17, 15) is 4.79 Å². The molecule has 0 bridgehead atoms. The van der Waals surface area contributed by atoms with E-state index in [1.807, 2.05) is 0 Å². The molecule has 0 rings (SSSR count). The molecule has 0 radical (unpaired) electrons. The lowest BCUT2D eigenvalue weighted by atomic mass is 10.2. The van der Waals surface area contributed by atoms with Gasteiger partial charge in [0.1, 0.15) is 5.71 Å². The second-order valence-electron chi connectivity index (χ2n) is 1.69. The Bertz CT molecular complexity index is 195. The average Bonchev–Trinajstić information content (AvgIpc) is 1.88. The first-order valence-electron chi connectivity index (χ1n) is 2.55. The van der Waals surface area contributed by atoms with E-state index in [0.717, 1.165) is 0 Å². The van der Waals surface area contributed by atoms with Gasteiger partial charge in [-0.3, -0.25) is 4.79 Å². The Balaban J connectivity index is 4.56. The molecular weight excluding hydrogens is 136 g/mol. The van der Waals surface area contributed by atoms with E-state index >= 15 is 0 Å². The zero-order valence-electron chi connectivity index (χ0n) is 5.70. The van der Waals surface area contributed by atoms with E-state index < -0.39 is 5.78 Å². The van der Waals surface area contributed by atoms with Gasteiger partial charge in [0.05, 0.1) is 0 Å². The van der Waals surface area contributed by atoms with Crippen molar-refractivity contribution in [1.29, 1.82) is 0 Å². The van der Waals surface area contributed by atoms with E-state index in [4.69, 9.17) is 10.4 Å². The highest BCUT2D eigenvalue weighted by molar-refractivity contribution is 6.66. The van der Waals surface area contributed by atoms with Crippen LogP contribution in [0.5, 0.6) is 0 Å². The molecule has 0 aromatic heterocycles. The molecule has 0 fully saturated rings. The summed E-state index contributed by atoms with van der Waals surface area (Å²) in [5.41, 5.74) is -0.238. The number of Topliss-reactive ketones (excluding diaryl/α,β-unsaturated/α-hetero) is 1. The van der Waals surface area contributed by atoms with Gasteiger partial charge in [0.15, 0.2) is 11.5 Å². The Morgan fingerprint density at radius 3 is 1.80 bits per heavy atom. The maximum absolute atomic E-state index is 10.5. The largest absolute Gasteiger partial charge is 0.411 e. The third-order valence-electron chi connectivity index (χ3n) is 0.926. The first-order chi connectivity index (χ1) is 4.63. The first kappa shape index (κ1) is 8.61. The second kappa shape index (κ2) is 3.60. The molecule has 5 nitrogen and oxygen atoms in total. The molecule has 0 aliphatic heterocycles. The van der Waals surface area contributed by atoms with Crippen LogP contribution in [0.3, 0.4) is 0 Å². The molecule has 56 valence electrons. The minimum absolute atomic E-state index is 0.00463. The molecule has 10 heavy (non-hydrogen) atoms. The number of carbonyl (C=O) groups excluding carboxylic acids is 1. The van der Waals surface area contributed by atoms with Crippen LogP contribution in [0.15, 0.2) is 10.3 Å².